The number of carbonyl (C=O) groups is 1. The first-order valence-electron chi connectivity index (χ1n) is 4.23. The molecule has 0 atom stereocenters. The van der Waals surface area contributed by atoms with Gasteiger partial charge < -0.3 is 9.80 Å². The first-order chi connectivity index (χ1) is 5.61. The van der Waals surface area contributed by atoms with E-state index in [0.717, 1.165) is 19.5 Å². The first kappa shape index (κ1) is 9.10. The number of rotatable bonds is 0. The van der Waals surface area contributed by atoms with E-state index in [1.54, 1.807) is 19.0 Å². The van der Waals surface area contributed by atoms with Crippen LogP contribution in [0.5, 0.6) is 0 Å². The Morgan fingerprint density at radius 1 is 1.58 bits per heavy atom. The Hall–Kier alpha value is -0.990. The zero-order chi connectivity index (χ0) is 9.14. The van der Waals surface area contributed by atoms with E-state index < -0.39 is 0 Å². The lowest BCUT2D eigenvalue weighted by Crippen LogP contribution is -2.41. The second-order valence-electron chi connectivity index (χ2n) is 3.42. The number of carbonyl (C=O) groups excluding carboxylic acids is 1. The fourth-order valence-electron chi connectivity index (χ4n) is 1.23. The van der Waals surface area contributed by atoms with Crippen LogP contribution in [0.2, 0.25) is 0 Å². The van der Waals surface area contributed by atoms with Gasteiger partial charge >= 0.3 is 6.03 Å². The maximum absolute atomic E-state index is 11.4. The van der Waals surface area contributed by atoms with Gasteiger partial charge in [0.25, 0.3) is 0 Å². The summed E-state index contributed by atoms with van der Waals surface area (Å²) in [4.78, 5) is 14.9. The van der Waals surface area contributed by atoms with Crippen molar-refractivity contribution in [2.45, 2.75) is 13.3 Å². The highest BCUT2D eigenvalue weighted by Gasteiger charge is 2.16. The lowest BCUT2D eigenvalue weighted by atomic mass is 10.1. The third-order valence-corrected chi connectivity index (χ3v) is 2.09. The summed E-state index contributed by atoms with van der Waals surface area (Å²) in [7, 11) is 3.57. The Morgan fingerprint density at radius 2 is 2.25 bits per heavy atom. The van der Waals surface area contributed by atoms with Crippen LogP contribution >= 0.6 is 0 Å². The summed E-state index contributed by atoms with van der Waals surface area (Å²) in [5.41, 5.74) is 1.39. The van der Waals surface area contributed by atoms with E-state index in [2.05, 4.69) is 13.0 Å². The largest absolute Gasteiger partial charge is 0.331 e. The number of hydrogen-bond donors (Lipinski definition) is 0. The van der Waals surface area contributed by atoms with Gasteiger partial charge in [-0.1, -0.05) is 11.6 Å². The Labute approximate surface area is 73.6 Å². The molecule has 1 heterocycles. The van der Waals surface area contributed by atoms with Crippen LogP contribution in [0.1, 0.15) is 13.3 Å². The van der Waals surface area contributed by atoms with Crippen LogP contribution in [-0.4, -0.2) is 43.0 Å². The van der Waals surface area contributed by atoms with Gasteiger partial charge in [0.05, 0.1) is 0 Å². The van der Waals surface area contributed by atoms with Crippen LogP contribution < -0.4 is 0 Å². The highest BCUT2D eigenvalue weighted by atomic mass is 16.2. The van der Waals surface area contributed by atoms with Crippen molar-refractivity contribution in [2.75, 3.05) is 27.2 Å². The standard InChI is InChI=1S/C9H16N2O/c1-8-4-6-11(7-5-8)9(12)10(2)3/h4H,5-7H2,1-3H3. The third-order valence-electron chi connectivity index (χ3n) is 2.09. The maximum atomic E-state index is 11.4. The molecule has 0 aromatic carbocycles. The molecule has 0 spiro atoms. The molecule has 0 aromatic rings. The molecule has 3 nitrogen and oxygen atoms in total. The normalized spacial score (nSPS) is 17.2. The molecule has 12 heavy (non-hydrogen) atoms. The zero-order valence-electron chi connectivity index (χ0n) is 8.00. The molecule has 1 aliphatic heterocycles. The molecule has 1 rings (SSSR count). The van der Waals surface area contributed by atoms with Crippen molar-refractivity contribution in [1.29, 1.82) is 0 Å². The molecule has 0 fully saturated rings. The Kier molecular flexibility index (Phi) is 2.74. The van der Waals surface area contributed by atoms with Crippen molar-refractivity contribution in [3.63, 3.8) is 0 Å². The van der Waals surface area contributed by atoms with Crippen LogP contribution in [-0.2, 0) is 0 Å². The Bertz CT molecular complexity index is 209. The second kappa shape index (κ2) is 3.61. The summed E-state index contributed by atoms with van der Waals surface area (Å²) in [5.74, 6) is 0. The molecule has 0 aliphatic carbocycles. The fourth-order valence-corrected chi connectivity index (χ4v) is 1.23. The summed E-state index contributed by atoms with van der Waals surface area (Å²) in [6, 6.07) is 0.110. The molecule has 0 N–H and O–H groups in total. The minimum atomic E-state index is 0.110. The number of nitrogens with zero attached hydrogens (tertiary/aromatic N) is 2. The Morgan fingerprint density at radius 3 is 2.67 bits per heavy atom. The van der Waals surface area contributed by atoms with Gasteiger partial charge in [0.15, 0.2) is 0 Å². The van der Waals surface area contributed by atoms with Gasteiger partial charge in [0.1, 0.15) is 0 Å². The molecule has 0 aromatic heterocycles. The van der Waals surface area contributed by atoms with Crippen molar-refractivity contribution >= 4 is 6.03 Å². The molecule has 0 bridgehead atoms. The minimum Gasteiger partial charge on any atom is -0.331 e. The summed E-state index contributed by atoms with van der Waals surface area (Å²) in [6.07, 6.45) is 3.13. The topological polar surface area (TPSA) is 23.6 Å². The highest BCUT2D eigenvalue weighted by molar-refractivity contribution is 5.74. The second-order valence-corrected chi connectivity index (χ2v) is 3.42. The molecular weight excluding hydrogens is 152 g/mol. The average molecular weight is 168 g/mol. The average Bonchev–Trinajstić information content (AvgIpc) is 2.04. The van der Waals surface area contributed by atoms with Crippen molar-refractivity contribution in [1.82, 2.24) is 9.80 Å². The van der Waals surface area contributed by atoms with Gasteiger partial charge in [-0.05, 0) is 13.3 Å². The van der Waals surface area contributed by atoms with Crippen LogP contribution in [0.3, 0.4) is 0 Å². The highest BCUT2D eigenvalue weighted by Crippen LogP contribution is 2.10. The summed E-state index contributed by atoms with van der Waals surface area (Å²) < 4.78 is 0. The number of amides is 2. The number of hydrogen-bond acceptors (Lipinski definition) is 1. The van der Waals surface area contributed by atoms with Gasteiger partial charge in [-0.2, -0.15) is 0 Å². The van der Waals surface area contributed by atoms with Crippen LogP contribution in [0.4, 0.5) is 4.79 Å². The minimum absolute atomic E-state index is 0.110. The van der Waals surface area contributed by atoms with Crippen LogP contribution in [0.25, 0.3) is 0 Å². The van der Waals surface area contributed by atoms with E-state index >= 15 is 0 Å². The maximum Gasteiger partial charge on any atom is 0.319 e. The molecular formula is C9H16N2O. The van der Waals surface area contributed by atoms with E-state index in [1.165, 1.54) is 5.57 Å². The van der Waals surface area contributed by atoms with E-state index in [4.69, 9.17) is 0 Å². The Balaban J connectivity index is 2.51. The lowest BCUT2D eigenvalue weighted by molar-refractivity contribution is 0.175. The fraction of sp³-hybridized carbons (Fsp3) is 0.667. The molecule has 3 heteroatoms. The van der Waals surface area contributed by atoms with E-state index in [0.29, 0.717) is 0 Å². The predicted octanol–water partition coefficient (Wildman–Crippen LogP) is 1.32. The zero-order valence-corrected chi connectivity index (χ0v) is 8.00. The van der Waals surface area contributed by atoms with Gasteiger partial charge in [-0.25, -0.2) is 4.79 Å². The van der Waals surface area contributed by atoms with Crippen molar-refractivity contribution in [3.05, 3.63) is 11.6 Å². The summed E-state index contributed by atoms with van der Waals surface area (Å²) in [6.45, 7) is 3.74. The van der Waals surface area contributed by atoms with Crippen molar-refractivity contribution < 1.29 is 4.79 Å². The lowest BCUT2D eigenvalue weighted by Gasteiger charge is -2.28. The van der Waals surface area contributed by atoms with E-state index in [1.807, 2.05) is 4.90 Å². The molecule has 1 aliphatic rings. The smallest absolute Gasteiger partial charge is 0.319 e. The van der Waals surface area contributed by atoms with Crippen LogP contribution in [0, 0.1) is 0 Å². The molecule has 68 valence electrons. The monoisotopic (exact) mass is 168 g/mol. The molecule has 0 unspecified atom stereocenters. The SMILES string of the molecule is CC1=CCN(C(=O)N(C)C)CC1. The van der Waals surface area contributed by atoms with Gasteiger partial charge in [-0.3, -0.25) is 0 Å². The molecule has 0 saturated carbocycles. The van der Waals surface area contributed by atoms with Crippen molar-refractivity contribution in [2.24, 2.45) is 0 Å². The molecule has 0 radical (unpaired) electrons. The van der Waals surface area contributed by atoms with Gasteiger partial charge in [-0.15, -0.1) is 0 Å². The van der Waals surface area contributed by atoms with Crippen LogP contribution in [0.15, 0.2) is 11.6 Å². The summed E-state index contributed by atoms with van der Waals surface area (Å²) in [5, 5.41) is 0. The predicted molar refractivity (Wildman–Crippen MR) is 49.0 cm³/mol. The van der Waals surface area contributed by atoms with Gasteiger partial charge in [0, 0.05) is 27.2 Å². The molecule has 0 saturated heterocycles. The molecule has 2 amide bonds. The van der Waals surface area contributed by atoms with Crippen molar-refractivity contribution in [3.8, 4) is 0 Å². The number of urea groups is 1. The quantitative estimate of drug-likeness (QED) is 0.500. The van der Waals surface area contributed by atoms with E-state index in [-0.39, 0.29) is 6.03 Å². The summed E-state index contributed by atoms with van der Waals surface area (Å²) >= 11 is 0. The van der Waals surface area contributed by atoms with Gasteiger partial charge in [0.2, 0.25) is 0 Å². The third kappa shape index (κ3) is 2.00. The van der Waals surface area contributed by atoms with E-state index in [9.17, 15) is 4.79 Å². The first-order valence-corrected chi connectivity index (χ1v) is 4.23.